The van der Waals surface area contributed by atoms with Gasteiger partial charge in [-0.1, -0.05) is 17.8 Å². The Bertz CT molecular complexity index is 2730. The first-order valence-electron chi connectivity index (χ1n) is 21.8. The fraction of sp³-hybridized carbons (Fsp3) is 0.413. The second-order valence-electron chi connectivity index (χ2n) is 16.5. The van der Waals surface area contributed by atoms with Gasteiger partial charge in [0.1, 0.15) is 29.1 Å². The van der Waals surface area contributed by atoms with Crippen LogP contribution in [0.2, 0.25) is 0 Å². The predicted octanol–water partition coefficient (Wildman–Crippen LogP) is 6.54. The lowest BCUT2D eigenvalue weighted by Crippen LogP contribution is -2.49. The summed E-state index contributed by atoms with van der Waals surface area (Å²) in [6.45, 7) is 15.4. The van der Waals surface area contributed by atoms with Gasteiger partial charge in [-0.2, -0.15) is 5.10 Å². The summed E-state index contributed by atoms with van der Waals surface area (Å²) in [4.78, 5) is 54.0. The number of anilines is 3. The van der Waals surface area contributed by atoms with Crippen LogP contribution in [0.1, 0.15) is 94.2 Å². The SMILES string of the molecule is C=C1CCC(N2Cc3c(NCCOCCOCCCNC(=O)c4nc(Nc5cc(C6CC6)nn5CC)c5c(n4)[nH]c4cc(-c6c(C)noc6C)c(C)cc45)cccc3C2=O)C(=O)N1. The Morgan fingerprint density at radius 3 is 2.59 bits per heavy atom. The van der Waals surface area contributed by atoms with Crippen LogP contribution in [0, 0.1) is 20.8 Å². The van der Waals surface area contributed by atoms with Crippen molar-refractivity contribution in [3.8, 4) is 11.1 Å². The van der Waals surface area contributed by atoms with Crippen molar-refractivity contribution >= 4 is 57.0 Å². The van der Waals surface area contributed by atoms with Gasteiger partial charge >= 0.3 is 0 Å². The van der Waals surface area contributed by atoms with Crippen LogP contribution in [0.4, 0.5) is 17.3 Å². The van der Waals surface area contributed by atoms with Crippen molar-refractivity contribution < 1.29 is 28.4 Å². The molecule has 2 aliphatic heterocycles. The summed E-state index contributed by atoms with van der Waals surface area (Å²) < 4.78 is 19.0. The summed E-state index contributed by atoms with van der Waals surface area (Å²) in [6, 6.07) is 11.4. The van der Waals surface area contributed by atoms with Gasteiger partial charge in [-0.05, 0) is 95.2 Å². The molecule has 1 saturated heterocycles. The Kier molecular flexibility index (Phi) is 11.7. The zero-order valence-corrected chi connectivity index (χ0v) is 36.2. The zero-order valence-electron chi connectivity index (χ0n) is 36.2. The fourth-order valence-electron chi connectivity index (χ4n) is 8.63. The standard InChI is InChI=1S/C46H53N11O6/c1-6-57-38(23-35(54-57)29-12-13-29)51-42-40-32-21-25(2)31(39-27(4)55-63-28(39)5)22-36(32)50-41(40)52-43(53-42)45(59)48-15-8-17-61-19-20-62-18-16-47-34-10-7-9-30-33(34)24-56(46(30)60)37-14-11-26(3)49-44(37)58/h7,9-10,21-23,29,37,47H,3,6,8,11-20,24H2,1-2,4-5H3,(H,48,59)(H,49,58)(H2,50,51,52,53). The molecule has 0 bridgehead atoms. The van der Waals surface area contributed by atoms with Crippen LogP contribution < -0.4 is 21.3 Å². The third-order valence-corrected chi connectivity index (χ3v) is 12.0. The van der Waals surface area contributed by atoms with Crippen LogP contribution >= 0.6 is 0 Å². The number of rotatable bonds is 18. The van der Waals surface area contributed by atoms with Crippen molar-refractivity contribution in [1.82, 2.24) is 45.4 Å². The Morgan fingerprint density at radius 2 is 1.83 bits per heavy atom. The summed E-state index contributed by atoms with van der Waals surface area (Å²) in [6.07, 6.45) is 4.08. The lowest BCUT2D eigenvalue weighted by molar-refractivity contribution is -0.126. The Hall–Kier alpha value is -6.59. The number of aromatic nitrogens is 6. The smallest absolute Gasteiger partial charge is 0.289 e. The number of allylic oxidation sites excluding steroid dienone is 1. The molecule has 3 amide bonds. The number of H-pyrrole nitrogens is 1. The molecule has 0 radical (unpaired) electrons. The normalized spacial score (nSPS) is 16.3. The molecule has 1 atom stereocenters. The zero-order chi connectivity index (χ0) is 43.8. The summed E-state index contributed by atoms with van der Waals surface area (Å²) in [5.74, 6) is 1.89. The molecule has 1 saturated carbocycles. The van der Waals surface area contributed by atoms with Crippen LogP contribution in [0.15, 0.2) is 53.2 Å². The quantitative estimate of drug-likeness (QED) is 0.0585. The van der Waals surface area contributed by atoms with Gasteiger partial charge in [0, 0.05) is 83.7 Å². The van der Waals surface area contributed by atoms with E-state index in [-0.39, 0.29) is 17.6 Å². The van der Waals surface area contributed by atoms with Crippen molar-refractivity contribution in [3.63, 3.8) is 0 Å². The Balaban J connectivity index is 0.777. The molecule has 4 aromatic heterocycles. The number of nitrogens with zero attached hydrogens (tertiary/aromatic N) is 6. The second kappa shape index (κ2) is 17.6. The van der Waals surface area contributed by atoms with E-state index in [1.54, 1.807) is 11.0 Å². The van der Waals surface area contributed by atoms with E-state index in [0.717, 1.165) is 80.0 Å². The molecule has 2 aromatic carbocycles. The molecule has 6 aromatic rings. The summed E-state index contributed by atoms with van der Waals surface area (Å²) in [7, 11) is 0. The van der Waals surface area contributed by atoms with Crippen LogP contribution in [-0.2, 0) is 27.4 Å². The van der Waals surface area contributed by atoms with Gasteiger partial charge in [0.05, 0.1) is 36.6 Å². The van der Waals surface area contributed by atoms with Crippen molar-refractivity contribution in [1.29, 1.82) is 0 Å². The maximum Gasteiger partial charge on any atom is 0.289 e. The molecule has 328 valence electrons. The monoisotopic (exact) mass is 855 g/mol. The number of piperidine rings is 1. The first-order valence-corrected chi connectivity index (χ1v) is 21.8. The first kappa shape index (κ1) is 41.7. The highest BCUT2D eigenvalue weighted by atomic mass is 16.5. The molecular weight excluding hydrogens is 803 g/mol. The summed E-state index contributed by atoms with van der Waals surface area (Å²) in [5.41, 5.74) is 9.33. The van der Waals surface area contributed by atoms with Crippen LogP contribution in [-0.4, -0.2) is 98.1 Å². The molecule has 3 aliphatic rings. The van der Waals surface area contributed by atoms with Gasteiger partial charge in [-0.15, -0.1) is 0 Å². The maximum atomic E-state index is 13.6. The van der Waals surface area contributed by atoms with E-state index < -0.39 is 11.9 Å². The third-order valence-electron chi connectivity index (χ3n) is 12.0. The maximum absolute atomic E-state index is 13.6. The molecule has 2 fully saturated rings. The molecular formula is C46H53N11O6. The highest BCUT2D eigenvalue weighted by molar-refractivity contribution is 6.13. The molecule has 9 rings (SSSR count). The Morgan fingerprint density at radius 1 is 1.00 bits per heavy atom. The van der Waals surface area contributed by atoms with E-state index in [2.05, 4.69) is 70.0 Å². The molecule has 17 nitrogen and oxygen atoms in total. The fourth-order valence-corrected chi connectivity index (χ4v) is 8.63. The lowest BCUT2D eigenvalue weighted by Gasteiger charge is -2.31. The van der Waals surface area contributed by atoms with Gasteiger partial charge < -0.3 is 45.1 Å². The van der Waals surface area contributed by atoms with Crippen molar-refractivity contribution in [2.24, 2.45) is 0 Å². The minimum atomic E-state index is -0.502. The van der Waals surface area contributed by atoms with Crippen LogP contribution in [0.5, 0.6) is 0 Å². The molecule has 63 heavy (non-hydrogen) atoms. The Labute approximate surface area is 364 Å². The number of hydrogen-bond donors (Lipinski definition) is 5. The van der Waals surface area contributed by atoms with Gasteiger partial charge in [-0.3, -0.25) is 14.4 Å². The van der Waals surface area contributed by atoms with Crippen LogP contribution in [0.25, 0.3) is 33.1 Å². The van der Waals surface area contributed by atoms with Crippen LogP contribution in [0.3, 0.4) is 0 Å². The minimum Gasteiger partial charge on any atom is -0.382 e. The number of benzene rings is 2. The van der Waals surface area contributed by atoms with Crippen molar-refractivity contribution in [2.45, 2.75) is 84.8 Å². The van der Waals surface area contributed by atoms with E-state index >= 15 is 0 Å². The number of amides is 3. The van der Waals surface area contributed by atoms with Gasteiger partial charge in [-0.25, -0.2) is 14.6 Å². The van der Waals surface area contributed by atoms with E-state index in [4.69, 9.17) is 29.1 Å². The largest absolute Gasteiger partial charge is 0.382 e. The van der Waals surface area contributed by atoms with Gasteiger partial charge in [0.15, 0.2) is 0 Å². The molecule has 1 aliphatic carbocycles. The molecule has 6 heterocycles. The number of aromatic amines is 1. The second-order valence-corrected chi connectivity index (χ2v) is 16.5. The summed E-state index contributed by atoms with van der Waals surface area (Å²) in [5, 5.41) is 23.4. The van der Waals surface area contributed by atoms with E-state index in [1.807, 2.05) is 30.7 Å². The van der Waals surface area contributed by atoms with E-state index in [0.29, 0.717) is 101 Å². The highest BCUT2D eigenvalue weighted by Gasteiger charge is 2.39. The van der Waals surface area contributed by atoms with E-state index in [9.17, 15) is 14.4 Å². The number of carbonyl (C=O) groups is 3. The molecule has 0 spiro atoms. The minimum absolute atomic E-state index is 0.0414. The van der Waals surface area contributed by atoms with Crippen molar-refractivity contribution in [2.75, 3.05) is 50.2 Å². The van der Waals surface area contributed by atoms with Gasteiger partial charge in [0.2, 0.25) is 11.7 Å². The molecule has 5 N–H and O–H groups in total. The molecule has 1 unspecified atom stereocenters. The number of hydrogen-bond acceptors (Lipinski definition) is 12. The number of fused-ring (bicyclic) bond motifs is 4. The first-order chi connectivity index (χ1) is 30.6. The van der Waals surface area contributed by atoms with Crippen molar-refractivity contribution in [3.05, 3.63) is 88.3 Å². The van der Waals surface area contributed by atoms with E-state index in [1.165, 1.54) is 0 Å². The van der Waals surface area contributed by atoms with Gasteiger partial charge in [0.25, 0.3) is 11.8 Å². The molecule has 17 heteroatoms. The number of carbonyl (C=O) groups excluding carboxylic acids is 3. The highest BCUT2D eigenvalue weighted by Crippen LogP contribution is 2.42. The summed E-state index contributed by atoms with van der Waals surface area (Å²) >= 11 is 0. The average Bonchev–Trinajstić information content (AvgIpc) is 3.65. The number of nitrogens with one attached hydrogen (secondary N) is 5. The number of aryl methyl sites for hydroxylation is 4. The lowest BCUT2D eigenvalue weighted by atomic mass is 9.97. The average molecular weight is 856 g/mol. The topological polar surface area (TPSA) is 206 Å². The predicted molar refractivity (Wildman–Crippen MR) is 238 cm³/mol. The third kappa shape index (κ3) is 8.49. The number of ether oxygens (including phenoxy) is 2.